The van der Waals surface area contributed by atoms with Crippen molar-refractivity contribution >= 4 is 11.7 Å². The lowest BCUT2D eigenvalue weighted by molar-refractivity contribution is -0.120. The van der Waals surface area contributed by atoms with Gasteiger partial charge in [0.15, 0.2) is 0 Å². The lowest BCUT2D eigenvalue weighted by Gasteiger charge is -2.23. The molecule has 1 aliphatic heterocycles. The van der Waals surface area contributed by atoms with Gasteiger partial charge in [0.05, 0.1) is 6.04 Å². The lowest BCUT2D eigenvalue weighted by atomic mass is 10.1. The highest BCUT2D eigenvalue weighted by Gasteiger charge is 2.30. The first-order chi connectivity index (χ1) is 10.7. The minimum atomic E-state index is -0.0671. The highest BCUT2D eigenvalue weighted by Crippen LogP contribution is 2.21. The predicted octanol–water partition coefficient (Wildman–Crippen LogP) is 2.99. The molecule has 1 atom stereocenters. The van der Waals surface area contributed by atoms with Crippen molar-refractivity contribution in [3.63, 3.8) is 0 Å². The van der Waals surface area contributed by atoms with E-state index in [1.54, 1.807) is 0 Å². The van der Waals surface area contributed by atoms with Crippen molar-refractivity contribution in [1.82, 2.24) is 9.88 Å². The SMILES string of the molecule is Cc1cccc(NC(=O)[C@@H]2CCCN2Cc2ccccc2)n1. The fourth-order valence-corrected chi connectivity index (χ4v) is 2.95. The first-order valence-electron chi connectivity index (χ1n) is 7.75. The molecule has 1 aliphatic rings. The number of hydrogen-bond acceptors (Lipinski definition) is 3. The Labute approximate surface area is 131 Å². The Bertz CT molecular complexity index is 642. The van der Waals surface area contributed by atoms with Gasteiger partial charge in [-0.1, -0.05) is 36.4 Å². The normalized spacial score (nSPS) is 18.3. The molecule has 4 nitrogen and oxygen atoms in total. The molecule has 1 N–H and O–H groups in total. The quantitative estimate of drug-likeness (QED) is 0.943. The first kappa shape index (κ1) is 14.7. The fraction of sp³-hybridized carbons (Fsp3) is 0.333. The molecule has 3 rings (SSSR count). The van der Waals surface area contributed by atoms with Crippen molar-refractivity contribution in [3.05, 3.63) is 59.8 Å². The molecule has 1 fully saturated rings. The first-order valence-corrected chi connectivity index (χ1v) is 7.75. The molecule has 0 unspecified atom stereocenters. The number of nitrogens with one attached hydrogen (secondary N) is 1. The summed E-state index contributed by atoms with van der Waals surface area (Å²) < 4.78 is 0. The number of rotatable bonds is 4. The van der Waals surface area contributed by atoms with E-state index >= 15 is 0 Å². The Morgan fingerprint density at radius 3 is 2.82 bits per heavy atom. The molecule has 1 aromatic carbocycles. The third-order valence-electron chi connectivity index (χ3n) is 4.03. The molecule has 2 heterocycles. The molecule has 4 heteroatoms. The zero-order valence-electron chi connectivity index (χ0n) is 12.8. The van der Waals surface area contributed by atoms with E-state index in [4.69, 9.17) is 0 Å². The number of pyridine rings is 1. The summed E-state index contributed by atoms with van der Waals surface area (Å²) in [6.45, 7) is 3.71. The van der Waals surface area contributed by atoms with Crippen LogP contribution in [0.15, 0.2) is 48.5 Å². The van der Waals surface area contributed by atoms with E-state index in [9.17, 15) is 4.79 Å². The number of nitrogens with zero attached hydrogens (tertiary/aromatic N) is 2. The Morgan fingerprint density at radius 2 is 2.05 bits per heavy atom. The summed E-state index contributed by atoms with van der Waals surface area (Å²) in [6.07, 6.45) is 1.97. The number of aryl methyl sites for hydroxylation is 1. The Balaban J connectivity index is 1.66. The third kappa shape index (κ3) is 3.52. The number of aromatic nitrogens is 1. The van der Waals surface area contributed by atoms with E-state index in [2.05, 4.69) is 27.3 Å². The van der Waals surface area contributed by atoms with Crippen molar-refractivity contribution in [2.75, 3.05) is 11.9 Å². The molecular formula is C18H21N3O. The van der Waals surface area contributed by atoms with Gasteiger partial charge in [0.2, 0.25) is 5.91 Å². The van der Waals surface area contributed by atoms with Crippen molar-refractivity contribution in [1.29, 1.82) is 0 Å². The Morgan fingerprint density at radius 1 is 1.23 bits per heavy atom. The van der Waals surface area contributed by atoms with Gasteiger partial charge in [-0.25, -0.2) is 4.98 Å². The minimum Gasteiger partial charge on any atom is -0.309 e. The van der Waals surface area contributed by atoms with E-state index in [-0.39, 0.29) is 11.9 Å². The molecule has 0 aliphatic carbocycles. The molecule has 22 heavy (non-hydrogen) atoms. The van der Waals surface area contributed by atoms with E-state index < -0.39 is 0 Å². The van der Waals surface area contributed by atoms with Crippen molar-refractivity contribution in [3.8, 4) is 0 Å². The van der Waals surface area contributed by atoms with Gasteiger partial charge < -0.3 is 5.32 Å². The average Bonchev–Trinajstić information content (AvgIpc) is 2.96. The minimum absolute atomic E-state index is 0.0477. The van der Waals surface area contributed by atoms with Crippen LogP contribution < -0.4 is 5.32 Å². The van der Waals surface area contributed by atoms with E-state index in [0.717, 1.165) is 31.6 Å². The topological polar surface area (TPSA) is 45.2 Å². The molecule has 1 aromatic heterocycles. The van der Waals surface area contributed by atoms with Crippen molar-refractivity contribution in [2.24, 2.45) is 0 Å². The van der Waals surface area contributed by atoms with Gasteiger partial charge in [0.1, 0.15) is 5.82 Å². The van der Waals surface area contributed by atoms with Gasteiger partial charge >= 0.3 is 0 Å². The zero-order chi connectivity index (χ0) is 15.4. The van der Waals surface area contributed by atoms with Crippen LogP contribution in [-0.4, -0.2) is 28.4 Å². The van der Waals surface area contributed by atoms with Gasteiger partial charge in [-0.2, -0.15) is 0 Å². The molecule has 1 saturated heterocycles. The van der Waals surface area contributed by atoms with E-state index in [1.807, 2.05) is 43.3 Å². The number of likely N-dealkylation sites (tertiary alicyclic amines) is 1. The van der Waals surface area contributed by atoms with Gasteiger partial charge in [-0.05, 0) is 44.0 Å². The van der Waals surface area contributed by atoms with Crippen LogP contribution in [0.5, 0.6) is 0 Å². The summed E-state index contributed by atoms with van der Waals surface area (Å²) in [5.41, 5.74) is 2.15. The third-order valence-corrected chi connectivity index (χ3v) is 4.03. The Hall–Kier alpha value is -2.20. The second kappa shape index (κ2) is 6.71. The van der Waals surface area contributed by atoms with Crippen LogP contribution in [0.25, 0.3) is 0 Å². The van der Waals surface area contributed by atoms with Gasteiger partial charge in [-0.3, -0.25) is 9.69 Å². The summed E-state index contributed by atoms with van der Waals surface area (Å²) in [5.74, 6) is 0.683. The summed E-state index contributed by atoms with van der Waals surface area (Å²) in [5, 5.41) is 2.95. The number of amides is 1. The number of carbonyl (C=O) groups excluding carboxylic acids is 1. The molecule has 114 valence electrons. The maximum absolute atomic E-state index is 12.5. The number of anilines is 1. The largest absolute Gasteiger partial charge is 0.309 e. The van der Waals surface area contributed by atoms with Crippen LogP contribution in [0.1, 0.15) is 24.1 Å². The van der Waals surface area contributed by atoms with Crippen LogP contribution in [0.3, 0.4) is 0 Å². The highest BCUT2D eigenvalue weighted by atomic mass is 16.2. The lowest BCUT2D eigenvalue weighted by Crippen LogP contribution is -2.39. The molecule has 2 aromatic rings. The second-order valence-electron chi connectivity index (χ2n) is 5.77. The van der Waals surface area contributed by atoms with Crippen molar-refractivity contribution in [2.45, 2.75) is 32.4 Å². The molecule has 0 saturated carbocycles. The molecule has 0 bridgehead atoms. The summed E-state index contributed by atoms with van der Waals surface area (Å²) >= 11 is 0. The van der Waals surface area contributed by atoms with Crippen LogP contribution in [0.4, 0.5) is 5.82 Å². The molecule has 0 radical (unpaired) electrons. The molecular weight excluding hydrogens is 274 g/mol. The van der Waals surface area contributed by atoms with E-state index in [1.165, 1.54) is 5.56 Å². The maximum Gasteiger partial charge on any atom is 0.242 e. The maximum atomic E-state index is 12.5. The predicted molar refractivity (Wildman–Crippen MR) is 87.5 cm³/mol. The number of hydrogen-bond donors (Lipinski definition) is 1. The number of carbonyl (C=O) groups is 1. The highest BCUT2D eigenvalue weighted by molar-refractivity contribution is 5.94. The zero-order valence-corrected chi connectivity index (χ0v) is 12.8. The van der Waals surface area contributed by atoms with Gasteiger partial charge in [0, 0.05) is 12.2 Å². The second-order valence-corrected chi connectivity index (χ2v) is 5.77. The molecule has 1 amide bonds. The van der Waals surface area contributed by atoms with Crippen LogP contribution >= 0.6 is 0 Å². The fourth-order valence-electron chi connectivity index (χ4n) is 2.95. The van der Waals surface area contributed by atoms with Gasteiger partial charge in [0.25, 0.3) is 0 Å². The summed E-state index contributed by atoms with van der Waals surface area (Å²) in [6, 6.07) is 15.9. The summed E-state index contributed by atoms with van der Waals surface area (Å²) in [4.78, 5) is 19.1. The van der Waals surface area contributed by atoms with Gasteiger partial charge in [-0.15, -0.1) is 0 Å². The van der Waals surface area contributed by atoms with E-state index in [0.29, 0.717) is 5.82 Å². The smallest absolute Gasteiger partial charge is 0.242 e. The summed E-state index contributed by atoms with van der Waals surface area (Å²) in [7, 11) is 0. The number of benzene rings is 1. The molecule has 0 spiro atoms. The average molecular weight is 295 g/mol. The standard InChI is InChI=1S/C18H21N3O/c1-14-7-5-11-17(19-14)20-18(22)16-10-6-12-21(16)13-15-8-3-2-4-9-15/h2-5,7-9,11,16H,6,10,12-13H2,1H3,(H,19,20,22)/t16-/m0/s1. The Kier molecular flexibility index (Phi) is 4.49. The van der Waals surface area contributed by atoms with Crippen LogP contribution in [-0.2, 0) is 11.3 Å². The monoisotopic (exact) mass is 295 g/mol. The van der Waals surface area contributed by atoms with Crippen LogP contribution in [0.2, 0.25) is 0 Å². The van der Waals surface area contributed by atoms with Crippen LogP contribution in [0, 0.1) is 6.92 Å². The van der Waals surface area contributed by atoms with Crippen molar-refractivity contribution < 1.29 is 4.79 Å².